The fourth-order valence-electron chi connectivity index (χ4n) is 3.42. The molecule has 0 spiro atoms. The van der Waals surface area contributed by atoms with E-state index in [1.54, 1.807) is 19.0 Å². The van der Waals surface area contributed by atoms with Crippen molar-refractivity contribution in [2.75, 3.05) is 41.3 Å². The van der Waals surface area contributed by atoms with Crippen molar-refractivity contribution >= 4 is 18.1 Å². The zero-order valence-corrected chi connectivity index (χ0v) is 17.5. The van der Waals surface area contributed by atoms with Gasteiger partial charge in [0.25, 0.3) is 0 Å². The minimum absolute atomic E-state index is 0.0139. The zero-order valence-electron chi connectivity index (χ0n) is 17.5. The third kappa shape index (κ3) is 8.84. The molecule has 1 aliphatic carbocycles. The van der Waals surface area contributed by atoms with Crippen molar-refractivity contribution in [1.82, 2.24) is 20.4 Å². The van der Waals surface area contributed by atoms with Crippen molar-refractivity contribution in [1.29, 1.82) is 0 Å². The van der Waals surface area contributed by atoms with E-state index in [-0.39, 0.29) is 24.4 Å². The summed E-state index contributed by atoms with van der Waals surface area (Å²) >= 11 is 0. The SMILES string of the molecule is CN[C@H](C(=O)N(C)C(CCCCCCCN(C)C)C(=O)NCC=O)C1CC1. The molecule has 7 heteroatoms. The van der Waals surface area contributed by atoms with E-state index in [0.29, 0.717) is 18.6 Å². The van der Waals surface area contributed by atoms with Gasteiger partial charge < -0.3 is 25.2 Å². The number of amides is 2. The highest BCUT2D eigenvalue weighted by Gasteiger charge is 2.39. The highest BCUT2D eigenvalue weighted by molar-refractivity contribution is 5.90. The summed E-state index contributed by atoms with van der Waals surface area (Å²) in [7, 11) is 7.66. The normalized spacial score (nSPS) is 16.0. The molecule has 0 aliphatic heterocycles. The lowest BCUT2D eigenvalue weighted by atomic mass is 10.0. The van der Waals surface area contributed by atoms with Gasteiger partial charge in [-0.05, 0) is 59.3 Å². The molecule has 0 radical (unpaired) electrons. The molecular formula is C20H38N4O3. The Labute approximate surface area is 164 Å². The van der Waals surface area contributed by atoms with Crippen LogP contribution in [0.5, 0.6) is 0 Å². The van der Waals surface area contributed by atoms with E-state index in [2.05, 4.69) is 29.6 Å². The Morgan fingerprint density at radius 1 is 1.07 bits per heavy atom. The fourth-order valence-corrected chi connectivity index (χ4v) is 3.42. The first-order valence-electron chi connectivity index (χ1n) is 10.2. The first kappa shape index (κ1) is 23.6. The van der Waals surface area contributed by atoms with Crippen LogP contribution < -0.4 is 10.6 Å². The first-order valence-corrected chi connectivity index (χ1v) is 10.2. The number of rotatable bonds is 15. The minimum Gasteiger partial charge on any atom is -0.348 e. The average Bonchev–Trinajstić information content (AvgIpc) is 3.46. The maximum Gasteiger partial charge on any atom is 0.243 e. The van der Waals surface area contributed by atoms with Gasteiger partial charge in [-0.3, -0.25) is 9.59 Å². The Kier molecular flexibility index (Phi) is 11.2. The first-order chi connectivity index (χ1) is 12.9. The molecule has 27 heavy (non-hydrogen) atoms. The number of nitrogens with zero attached hydrogens (tertiary/aromatic N) is 2. The number of carbonyl (C=O) groups excluding carboxylic acids is 3. The van der Waals surface area contributed by atoms with E-state index in [0.717, 1.165) is 38.6 Å². The van der Waals surface area contributed by atoms with Gasteiger partial charge in [-0.15, -0.1) is 0 Å². The van der Waals surface area contributed by atoms with E-state index in [9.17, 15) is 14.4 Å². The predicted molar refractivity (Wildman–Crippen MR) is 107 cm³/mol. The van der Waals surface area contributed by atoms with Crippen LogP contribution >= 0.6 is 0 Å². The molecule has 1 saturated carbocycles. The summed E-state index contributed by atoms with van der Waals surface area (Å²) in [5, 5.41) is 5.71. The van der Waals surface area contributed by atoms with Gasteiger partial charge in [-0.1, -0.05) is 25.7 Å². The molecule has 0 heterocycles. The lowest BCUT2D eigenvalue weighted by Crippen LogP contribution is -2.53. The second kappa shape index (κ2) is 12.8. The molecule has 0 aromatic rings. The number of aldehydes is 1. The summed E-state index contributed by atoms with van der Waals surface area (Å²) < 4.78 is 0. The van der Waals surface area contributed by atoms with Crippen LogP contribution in [0.3, 0.4) is 0 Å². The quantitative estimate of drug-likeness (QED) is 0.327. The Bertz CT molecular complexity index is 466. The lowest BCUT2D eigenvalue weighted by molar-refractivity contribution is -0.141. The molecule has 1 aliphatic rings. The highest BCUT2D eigenvalue weighted by atomic mass is 16.2. The van der Waals surface area contributed by atoms with Crippen molar-refractivity contribution in [2.24, 2.45) is 5.92 Å². The minimum atomic E-state index is -0.520. The fraction of sp³-hybridized carbons (Fsp3) is 0.850. The summed E-state index contributed by atoms with van der Waals surface area (Å²) in [4.78, 5) is 39.7. The van der Waals surface area contributed by atoms with Gasteiger partial charge in [0.15, 0.2) is 0 Å². The van der Waals surface area contributed by atoms with Crippen molar-refractivity contribution in [3.8, 4) is 0 Å². The van der Waals surface area contributed by atoms with Crippen molar-refractivity contribution < 1.29 is 14.4 Å². The standard InChI is InChI=1S/C20H38N4O3/c1-21-18(16-11-12-16)20(27)24(4)17(19(26)22-13-15-25)10-8-6-5-7-9-14-23(2)3/h15-18,21H,5-14H2,1-4H3,(H,22,26)/t17?,18-/m0/s1. The van der Waals surface area contributed by atoms with Crippen LogP contribution in [-0.4, -0.2) is 81.3 Å². The summed E-state index contributed by atoms with van der Waals surface area (Å²) in [6.45, 7) is 1.08. The van der Waals surface area contributed by atoms with Crippen LogP contribution in [0.15, 0.2) is 0 Å². The van der Waals surface area contributed by atoms with E-state index < -0.39 is 6.04 Å². The molecule has 0 aromatic heterocycles. The molecule has 0 aromatic carbocycles. The molecule has 1 unspecified atom stereocenters. The van der Waals surface area contributed by atoms with Crippen molar-refractivity contribution in [2.45, 2.75) is 63.5 Å². The highest BCUT2D eigenvalue weighted by Crippen LogP contribution is 2.33. The molecule has 2 N–H and O–H groups in total. The van der Waals surface area contributed by atoms with E-state index in [1.807, 2.05) is 0 Å². The van der Waals surface area contributed by atoms with Gasteiger partial charge in [-0.2, -0.15) is 0 Å². The summed E-state index contributed by atoms with van der Waals surface area (Å²) in [5.74, 6) is 0.105. The van der Waals surface area contributed by atoms with Crippen LogP contribution in [0.25, 0.3) is 0 Å². The van der Waals surface area contributed by atoms with Crippen LogP contribution in [0.2, 0.25) is 0 Å². The Hall–Kier alpha value is -1.47. The maximum atomic E-state index is 12.8. The largest absolute Gasteiger partial charge is 0.348 e. The second-order valence-corrected chi connectivity index (χ2v) is 7.84. The number of unbranched alkanes of at least 4 members (excludes halogenated alkanes) is 4. The monoisotopic (exact) mass is 382 g/mol. The number of likely N-dealkylation sites (N-methyl/N-ethyl adjacent to an activating group) is 2. The number of hydrogen-bond donors (Lipinski definition) is 2. The van der Waals surface area contributed by atoms with Crippen LogP contribution in [0, 0.1) is 5.92 Å². The van der Waals surface area contributed by atoms with Gasteiger partial charge in [0.1, 0.15) is 12.3 Å². The molecule has 1 fully saturated rings. The van der Waals surface area contributed by atoms with E-state index in [4.69, 9.17) is 0 Å². The molecule has 1 rings (SSSR count). The van der Waals surface area contributed by atoms with Crippen LogP contribution in [0.1, 0.15) is 51.4 Å². The van der Waals surface area contributed by atoms with E-state index in [1.165, 1.54) is 12.8 Å². The third-order valence-electron chi connectivity index (χ3n) is 5.23. The number of nitrogens with one attached hydrogen (secondary N) is 2. The summed E-state index contributed by atoms with van der Waals surface area (Å²) in [6.07, 6.45) is 8.84. The molecule has 7 nitrogen and oxygen atoms in total. The zero-order chi connectivity index (χ0) is 20.2. The van der Waals surface area contributed by atoms with Gasteiger partial charge in [0.2, 0.25) is 11.8 Å². The van der Waals surface area contributed by atoms with E-state index >= 15 is 0 Å². The van der Waals surface area contributed by atoms with Gasteiger partial charge in [-0.25, -0.2) is 0 Å². The average molecular weight is 383 g/mol. The van der Waals surface area contributed by atoms with Crippen molar-refractivity contribution in [3.05, 3.63) is 0 Å². The molecule has 156 valence electrons. The number of carbonyl (C=O) groups is 3. The van der Waals surface area contributed by atoms with Crippen molar-refractivity contribution in [3.63, 3.8) is 0 Å². The second-order valence-electron chi connectivity index (χ2n) is 7.84. The smallest absolute Gasteiger partial charge is 0.243 e. The van der Waals surface area contributed by atoms with Gasteiger partial charge >= 0.3 is 0 Å². The molecular weight excluding hydrogens is 344 g/mol. The van der Waals surface area contributed by atoms with Gasteiger partial charge in [0, 0.05) is 7.05 Å². The lowest BCUT2D eigenvalue weighted by Gasteiger charge is -2.30. The van der Waals surface area contributed by atoms with Gasteiger partial charge in [0.05, 0.1) is 12.6 Å². The number of hydrogen-bond acceptors (Lipinski definition) is 5. The summed E-state index contributed by atoms with van der Waals surface area (Å²) in [5.41, 5.74) is 0. The van der Waals surface area contributed by atoms with Crippen LogP contribution in [0.4, 0.5) is 0 Å². The Morgan fingerprint density at radius 3 is 2.26 bits per heavy atom. The van der Waals surface area contributed by atoms with Crippen LogP contribution in [-0.2, 0) is 14.4 Å². The molecule has 0 saturated heterocycles. The molecule has 2 amide bonds. The topological polar surface area (TPSA) is 81.8 Å². The summed E-state index contributed by atoms with van der Waals surface area (Å²) in [6, 6.07) is -0.740. The Morgan fingerprint density at radius 2 is 1.70 bits per heavy atom. The predicted octanol–water partition coefficient (Wildman–Crippen LogP) is 1.03. The maximum absolute atomic E-state index is 12.8. The molecule has 2 atom stereocenters. The molecule has 0 bridgehead atoms. The third-order valence-corrected chi connectivity index (χ3v) is 5.23. The Balaban J connectivity index is 2.52.